The van der Waals surface area contributed by atoms with Gasteiger partial charge in [0.15, 0.2) is 0 Å². The Morgan fingerprint density at radius 1 is 0.611 bits per heavy atom. The van der Waals surface area contributed by atoms with E-state index in [4.69, 9.17) is 0 Å². The van der Waals surface area contributed by atoms with Crippen LogP contribution in [0.25, 0.3) is 0 Å². The number of rotatable bonds is 11. The molecule has 0 saturated carbocycles. The van der Waals surface area contributed by atoms with Gasteiger partial charge in [-0.2, -0.15) is 0 Å². The molecular weight excluding hydrogens is 253 g/mol. The van der Waals surface area contributed by atoms with E-state index in [-0.39, 0.29) is 42.0 Å². The molecule has 108 valence electrons. The minimum absolute atomic E-state index is 0. The van der Waals surface area contributed by atoms with E-state index < -0.39 is 0 Å². The summed E-state index contributed by atoms with van der Waals surface area (Å²) in [6.45, 7) is 3.62. The second kappa shape index (κ2) is 16.3. The molecule has 1 nitrogen and oxygen atoms in total. The van der Waals surface area contributed by atoms with Crippen molar-refractivity contribution in [3.8, 4) is 0 Å². The molecule has 0 unspecified atom stereocenters. The number of hydrogen-bond acceptors (Lipinski definition) is 0. The van der Waals surface area contributed by atoms with Gasteiger partial charge in [-0.1, -0.05) is 58.3 Å². The Morgan fingerprint density at radius 2 is 0.944 bits per heavy atom. The Hall–Kier alpha value is 1.25. The van der Waals surface area contributed by atoms with Crippen LogP contribution in [0.4, 0.5) is 0 Å². The molecule has 0 heterocycles. The molecular formula is C15H35ClNNa. The van der Waals surface area contributed by atoms with E-state index in [1.54, 1.807) is 0 Å². The Balaban J connectivity index is -0.00000112. The van der Waals surface area contributed by atoms with Crippen molar-refractivity contribution in [2.45, 2.75) is 71.1 Å². The third-order valence-corrected chi connectivity index (χ3v) is 3.18. The van der Waals surface area contributed by atoms with E-state index in [0.29, 0.717) is 0 Å². The minimum atomic E-state index is 0. The van der Waals surface area contributed by atoms with Gasteiger partial charge in [0.1, 0.15) is 0 Å². The number of unbranched alkanes of at least 4 members (excludes halogenated alkanes) is 9. The monoisotopic (exact) mass is 287 g/mol. The zero-order valence-electron chi connectivity index (χ0n) is 12.6. The molecule has 0 aliphatic carbocycles. The van der Waals surface area contributed by atoms with Gasteiger partial charge in [-0.25, -0.2) is 0 Å². The molecule has 0 aliphatic heterocycles. The maximum atomic E-state index is 2.29. The first kappa shape index (κ1) is 24.3. The SMILES string of the molecule is CCCCCCCCCCCC[N+](C)(C)C.[Cl-].[NaH]. The van der Waals surface area contributed by atoms with Crippen LogP contribution in [0.2, 0.25) is 0 Å². The third-order valence-electron chi connectivity index (χ3n) is 3.18. The van der Waals surface area contributed by atoms with Gasteiger partial charge >= 0.3 is 29.6 Å². The summed E-state index contributed by atoms with van der Waals surface area (Å²) in [6.07, 6.45) is 14.4. The summed E-state index contributed by atoms with van der Waals surface area (Å²) < 4.78 is 1.12. The van der Waals surface area contributed by atoms with E-state index in [0.717, 1.165) is 4.48 Å². The molecule has 0 aromatic heterocycles. The topological polar surface area (TPSA) is 0 Å². The first-order valence-electron chi connectivity index (χ1n) is 7.36. The summed E-state index contributed by atoms with van der Waals surface area (Å²) in [6, 6.07) is 0. The summed E-state index contributed by atoms with van der Waals surface area (Å²) >= 11 is 0. The van der Waals surface area contributed by atoms with Crippen LogP contribution < -0.4 is 12.4 Å². The van der Waals surface area contributed by atoms with Crippen molar-refractivity contribution >= 4 is 29.6 Å². The molecule has 18 heavy (non-hydrogen) atoms. The molecule has 0 amide bonds. The molecule has 0 N–H and O–H groups in total. The Labute approximate surface area is 144 Å². The predicted octanol–water partition coefficient (Wildman–Crippen LogP) is 0.969. The molecule has 3 heteroatoms. The Kier molecular flexibility index (Phi) is 22.0. The average Bonchev–Trinajstić information content (AvgIpc) is 2.19. The second-order valence-electron chi connectivity index (χ2n) is 6.20. The number of hydrogen-bond donors (Lipinski definition) is 0. The van der Waals surface area contributed by atoms with Gasteiger partial charge < -0.3 is 16.9 Å². The van der Waals surface area contributed by atoms with Gasteiger partial charge in [0, 0.05) is 0 Å². The predicted molar refractivity (Wildman–Crippen MR) is 81.9 cm³/mol. The first-order chi connectivity index (χ1) is 7.56. The maximum absolute atomic E-state index is 2.29. The van der Waals surface area contributed by atoms with Crippen molar-refractivity contribution < 1.29 is 16.9 Å². The third kappa shape index (κ3) is 22.4. The van der Waals surface area contributed by atoms with Crippen LogP contribution >= 0.6 is 0 Å². The van der Waals surface area contributed by atoms with Crippen molar-refractivity contribution in [3.63, 3.8) is 0 Å². The van der Waals surface area contributed by atoms with Crippen molar-refractivity contribution in [2.75, 3.05) is 27.7 Å². The van der Waals surface area contributed by atoms with Gasteiger partial charge in [0.2, 0.25) is 0 Å². The molecule has 0 spiro atoms. The van der Waals surface area contributed by atoms with Gasteiger partial charge in [0.25, 0.3) is 0 Å². The van der Waals surface area contributed by atoms with E-state index >= 15 is 0 Å². The van der Waals surface area contributed by atoms with Crippen LogP contribution in [0.5, 0.6) is 0 Å². The van der Waals surface area contributed by atoms with Crippen LogP contribution in [0.3, 0.4) is 0 Å². The number of nitrogens with zero attached hydrogens (tertiary/aromatic N) is 1. The Morgan fingerprint density at radius 3 is 1.28 bits per heavy atom. The summed E-state index contributed by atoms with van der Waals surface area (Å²) in [5, 5.41) is 0. The molecule has 0 radical (unpaired) electrons. The van der Waals surface area contributed by atoms with Crippen LogP contribution in [-0.2, 0) is 0 Å². The Bertz CT molecular complexity index is 146. The number of halogens is 1. The molecule has 0 rings (SSSR count). The van der Waals surface area contributed by atoms with E-state index in [1.807, 2.05) is 0 Å². The fraction of sp³-hybridized carbons (Fsp3) is 1.00. The van der Waals surface area contributed by atoms with Crippen molar-refractivity contribution in [1.29, 1.82) is 0 Å². The molecule has 0 bridgehead atoms. The zero-order chi connectivity index (χ0) is 12.3. The van der Waals surface area contributed by atoms with Crippen LogP contribution in [0, 0.1) is 0 Å². The van der Waals surface area contributed by atoms with Gasteiger partial charge in [-0.05, 0) is 12.8 Å². The second-order valence-corrected chi connectivity index (χ2v) is 6.20. The standard InChI is InChI=1S/C15H34N.ClH.Na.H/c1-5-6-7-8-9-10-11-12-13-14-15-16(2,3)4;;;/h5-15H2,1-4H3;1H;;/q+1;;;/p-1. The van der Waals surface area contributed by atoms with Gasteiger partial charge in [-0.3, -0.25) is 0 Å². The zero-order valence-corrected chi connectivity index (χ0v) is 13.4. The van der Waals surface area contributed by atoms with Gasteiger partial charge in [-0.15, -0.1) is 0 Å². The fourth-order valence-electron chi connectivity index (χ4n) is 2.07. The molecule has 0 aromatic carbocycles. The quantitative estimate of drug-likeness (QED) is 0.302. The molecule has 0 aliphatic rings. The van der Waals surface area contributed by atoms with Crippen LogP contribution in [-0.4, -0.2) is 61.7 Å². The molecule has 0 fully saturated rings. The molecule has 0 aromatic rings. The van der Waals surface area contributed by atoms with Crippen molar-refractivity contribution in [1.82, 2.24) is 0 Å². The molecule has 0 atom stereocenters. The summed E-state index contributed by atoms with van der Waals surface area (Å²) in [7, 11) is 6.86. The summed E-state index contributed by atoms with van der Waals surface area (Å²) in [4.78, 5) is 0. The first-order valence-corrected chi connectivity index (χ1v) is 7.36. The normalized spacial score (nSPS) is 10.7. The summed E-state index contributed by atoms with van der Waals surface area (Å²) in [5.74, 6) is 0. The number of quaternary nitrogens is 1. The molecule has 0 saturated heterocycles. The van der Waals surface area contributed by atoms with Crippen LogP contribution in [0.15, 0.2) is 0 Å². The van der Waals surface area contributed by atoms with E-state index in [2.05, 4.69) is 28.1 Å². The summed E-state index contributed by atoms with van der Waals surface area (Å²) in [5.41, 5.74) is 0. The van der Waals surface area contributed by atoms with Gasteiger partial charge in [0.05, 0.1) is 27.7 Å². The van der Waals surface area contributed by atoms with Crippen molar-refractivity contribution in [2.24, 2.45) is 0 Å². The van der Waals surface area contributed by atoms with Crippen LogP contribution in [0.1, 0.15) is 71.1 Å². The average molecular weight is 288 g/mol. The fourth-order valence-corrected chi connectivity index (χ4v) is 2.07. The van der Waals surface area contributed by atoms with Crippen molar-refractivity contribution in [3.05, 3.63) is 0 Å². The van der Waals surface area contributed by atoms with E-state index in [1.165, 1.54) is 70.8 Å². The van der Waals surface area contributed by atoms with E-state index in [9.17, 15) is 0 Å².